The number of thiophene rings is 1. The van der Waals surface area contributed by atoms with Crippen molar-refractivity contribution in [2.24, 2.45) is 0 Å². The van der Waals surface area contributed by atoms with Crippen molar-refractivity contribution in [3.8, 4) is 0 Å². The van der Waals surface area contributed by atoms with Gasteiger partial charge in [0.05, 0.1) is 17.6 Å². The number of ether oxygens (including phenoxy) is 1. The highest BCUT2D eigenvalue weighted by Gasteiger charge is 2.19. The van der Waals surface area contributed by atoms with Gasteiger partial charge in [0, 0.05) is 23.9 Å². The maximum Gasteiger partial charge on any atom is 0.0931 e. The molecule has 0 saturated heterocycles. The van der Waals surface area contributed by atoms with Gasteiger partial charge in [-0.05, 0) is 25.0 Å². The molecule has 0 amide bonds. The molecule has 1 saturated carbocycles. The van der Waals surface area contributed by atoms with Gasteiger partial charge in [0.2, 0.25) is 0 Å². The van der Waals surface area contributed by atoms with Crippen molar-refractivity contribution in [2.45, 2.75) is 25.3 Å². The summed E-state index contributed by atoms with van der Waals surface area (Å²) in [5, 5.41) is 3.42. The Balaban J connectivity index is 1.47. The number of hydrogen-bond acceptors (Lipinski definition) is 3. The Bertz CT molecular complexity index is 299. The highest BCUT2D eigenvalue weighted by Crippen LogP contribution is 2.21. The Kier molecular flexibility index (Phi) is 4.44. The summed E-state index contributed by atoms with van der Waals surface area (Å²) in [6.45, 7) is 2.59. The second-order valence-electron chi connectivity index (χ2n) is 3.80. The van der Waals surface area contributed by atoms with Crippen molar-refractivity contribution < 1.29 is 4.74 Å². The summed E-state index contributed by atoms with van der Waals surface area (Å²) in [5.41, 5.74) is 0. The van der Waals surface area contributed by atoms with Gasteiger partial charge in [-0.3, -0.25) is 0 Å². The maximum absolute atomic E-state index is 5.83. The van der Waals surface area contributed by atoms with Crippen LogP contribution < -0.4 is 5.32 Å². The lowest BCUT2D eigenvalue weighted by molar-refractivity contribution is 0.139. The molecule has 2 nitrogen and oxygen atoms in total. The van der Waals surface area contributed by atoms with E-state index < -0.39 is 0 Å². The summed E-state index contributed by atoms with van der Waals surface area (Å²) in [4.78, 5) is 1.30. The van der Waals surface area contributed by atoms with Gasteiger partial charge in [0.15, 0.2) is 0 Å². The topological polar surface area (TPSA) is 21.3 Å². The lowest BCUT2D eigenvalue weighted by Crippen LogP contribution is -2.22. The minimum absolute atomic E-state index is 0.782. The molecule has 1 aromatic rings. The van der Waals surface area contributed by atoms with Crippen molar-refractivity contribution in [3.05, 3.63) is 21.3 Å². The van der Waals surface area contributed by atoms with Gasteiger partial charge in [-0.15, -0.1) is 11.3 Å². The maximum atomic E-state index is 5.83. The fourth-order valence-electron chi connectivity index (χ4n) is 1.38. The van der Waals surface area contributed by atoms with Crippen molar-refractivity contribution in [2.75, 3.05) is 19.8 Å². The molecule has 0 bridgehead atoms. The normalized spacial score (nSPS) is 15.8. The second-order valence-corrected chi connectivity index (χ2v) is 5.60. The minimum atomic E-state index is 0.782. The molecule has 0 aliphatic heterocycles. The molecule has 1 aromatic heterocycles. The summed E-state index contributed by atoms with van der Waals surface area (Å²) < 4.78 is 6.39. The molecule has 15 heavy (non-hydrogen) atoms. The number of halogens is 1. The molecular weight excluding hydrogens is 230 g/mol. The highest BCUT2D eigenvalue weighted by atomic mass is 35.5. The van der Waals surface area contributed by atoms with E-state index in [9.17, 15) is 0 Å². The third kappa shape index (κ3) is 4.51. The van der Waals surface area contributed by atoms with E-state index in [4.69, 9.17) is 16.3 Å². The first-order valence-electron chi connectivity index (χ1n) is 5.40. The molecule has 0 spiro atoms. The first kappa shape index (κ1) is 11.4. The summed E-state index contributed by atoms with van der Waals surface area (Å²) in [7, 11) is 0. The summed E-state index contributed by atoms with van der Waals surface area (Å²) in [6, 6.07) is 4.79. The molecule has 0 atom stereocenters. The number of nitrogens with one attached hydrogen (secondary N) is 1. The van der Waals surface area contributed by atoms with Gasteiger partial charge < -0.3 is 10.1 Å². The zero-order chi connectivity index (χ0) is 10.5. The molecular formula is C11H16ClNOS. The molecule has 0 unspecified atom stereocenters. The van der Waals surface area contributed by atoms with Crippen LogP contribution in [-0.4, -0.2) is 25.8 Å². The zero-order valence-electron chi connectivity index (χ0n) is 8.67. The van der Waals surface area contributed by atoms with Crippen LogP contribution in [0.5, 0.6) is 0 Å². The van der Waals surface area contributed by atoms with Crippen LogP contribution in [0, 0.1) is 0 Å². The third-order valence-corrected chi connectivity index (χ3v) is 3.67. The average molecular weight is 246 g/mol. The Morgan fingerprint density at radius 1 is 1.40 bits per heavy atom. The van der Waals surface area contributed by atoms with E-state index in [0.717, 1.165) is 36.6 Å². The van der Waals surface area contributed by atoms with E-state index in [-0.39, 0.29) is 0 Å². The Labute approximate surface area is 99.6 Å². The van der Waals surface area contributed by atoms with Gasteiger partial charge in [-0.25, -0.2) is 0 Å². The first-order valence-corrected chi connectivity index (χ1v) is 6.59. The monoisotopic (exact) mass is 245 g/mol. The summed E-state index contributed by atoms with van der Waals surface area (Å²) in [5.74, 6) is 0. The molecule has 1 N–H and O–H groups in total. The lowest BCUT2D eigenvalue weighted by atomic mass is 10.4. The predicted octanol–water partition coefficient (Wildman–Crippen LogP) is 2.71. The van der Waals surface area contributed by atoms with Crippen LogP contribution in [0.25, 0.3) is 0 Å². The van der Waals surface area contributed by atoms with E-state index in [0.29, 0.717) is 0 Å². The van der Waals surface area contributed by atoms with E-state index in [1.54, 1.807) is 11.3 Å². The van der Waals surface area contributed by atoms with Crippen LogP contribution in [0.2, 0.25) is 4.34 Å². The van der Waals surface area contributed by atoms with Crippen molar-refractivity contribution in [1.29, 1.82) is 0 Å². The van der Waals surface area contributed by atoms with Crippen LogP contribution in [0.4, 0.5) is 0 Å². The van der Waals surface area contributed by atoms with Crippen LogP contribution in [0.15, 0.2) is 12.1 Å². The molecule has 1 fully saturated rings. The predicted molar refractivity (Wildman–Crippen MR) is 64.9 cm³/mol. The van der Waals surface area contributed by atoms with E-state index in [1.807, 2.05) is 6.07 Å². The Morgan fingerprint density at radius 2 is 2.27 bits per heavy atom. The minimum Gasteiger partial charge on any atom is -0.380 e. The molecule has 1 aliphatic rings. The molecule has 1 aliphatic carbocycles. The first-order chi connectivity index (χ1) is 7.34. The largest absolute Gasteiger partial charge is 0.380 e. The number of hydrogen-bond donors (Lipinski definition) is 1. The smallest absolute Gasteiger partial charge is 0.0931 e. The average Bonchev–Trinajstić information content (AvgIpc) is 2.95. The summed E-state index contributed by atoms with van der Waals surface area (Å²) in [6.07, 6.45) is 3.65. The fourth-order valence-corrected chi connectivity index (χ4v) is 2.45. The molecule has 1 heterocycles. The van der Waals surface area contributed by atoms with Gasteiger partial charge in [0.1, 0.15) is 0 Å². The molecule has 2 rings (SSSR count). The number of rotatable bonds is 7. The Hall–Kier alpha value is -0.0900. The van der Waals surface area contributed by atoms with Gasteiger partial charge in [0.25, 0.3) is 0 Å². The van der Waals surface area contributed by atoms with Crippen LogP contribution in [0.3, 0.4) is 0 Å². The fraction of sp³-hybridized carbons (Fsp3) is 0.636. The van der Waals surface area contributed by atoms with Gasteiger partial charge >= 0.3 is 0 Å². The standard InChI is InChI=1S/C11H16ClNOS/c12-11-4-3-10(15-11)5-7-14-8-6-13-9-1-2-9/h3-4,9,13H,1-2,5-8H2. The van der Waals surface area contributed by atoms with E-state index in [2.05, 4.69) is 11.4 Å². The third-order valence-electron chi connectivity index (χ3n) is 2.38. The zero-order valence-corrected chi connectivity index (χ0v) is 10.2. The van der Waals surface area contributed by atoms with Crippen molar-refractivity contribution in [1.82, 2.24) is 5.32 Å². The molecule has 4 heteroatoms. The van der Waals surface area contributed by atoms with Crippen LogP contribution >= 0.6 is 22.9 Å². The summed E-state index contributed by atoms with van der Waals surface area (Å²) >= 11 is 7.47. The molecule has 84 valence electrons. The van der Waals surface area contributed by atoms with Crippen LogP contribution in [0.1, 0.15) is 17.7 Å². The molecule has 0 radical (unpaired) electrons. The van der Waals surface area contributed by atoms with Gasteiger partial charge in [-0.1, -0.05) is 11.6 Å². The van der Waals surface area contributed by atoms with Crippen molar-refractivity contribution in [3.63, 3.8) is 0 Å². The van der Waals surface area contributed by atoms with Gasteiger partial charge in [-0.2, -0.15) is 0 Å². The van der Waals surface area contributed by atoms with Crippen LogP contribution in [-0.2, 0) is 11.2 Å². The van der Waals surface area contributed by atoms with Crippen molar-refractivity contribution >= 4 is 22.9 Å². The highest BCUT2D eigenvalue weighted by molar-refractivity contribution is 7.16. The Morgan fingerprint density at radius 3 is 2.93 bits per heavy atom. The SMILES string of the molecule is Clc1ccc(CCOCCNC2CC2)s1. The quantitative estimate of drug-likeness (QED) is 0.746. The second kappa shape index (κ2) is 5.85. The van der Waals surface area contributed by atoms with E-state index in [1.165, 1.54) is 17.7 Å². The molecule has 0 aromatic carbocycles. The lowest BCUT2D eigenvalue weighted by Gasteiger charge is -2.03. The van der Waals surface area contributed by atoms with E-state index >= 15 is 0 Å².